The maximum absolute atomic E-state index is 13.6. The molecule has 0 radical (unpaired) electrons. The first-order chi connectivity index (χ1) is 35.4. The lowest BCUT2D eigenvalue weighted by Gasteiger charge is -2.40. The van der Waals surface area contributed by atoms with Crippen LogP contribution in [0.2, 0.25) is 10.0 Å². The van der Waals surface area contributed by atoms with Crippen LogP contribution in [-0.2, 0) is 21.8 Å². The van der Waals surface area contributed by atoms with Crippen molar-refractivity contribution in [2.75, 3.05) is 137 Å². The van der Waals surface area contributed by atoms with Crippen LogP contribution in [0.25, 0.3) is 0 Å². The van der Waals surface area contributed by atoms with Crippen molar-refractivity contribution in [3.63, 3.8) is 0 Å². The number of amides is 2. The van der Waals surface area contributed by atoms with E-state index in [0.29, 0.717) is 85.7 Å². The number of hydrogen-bond acceptors (Lipinski definition) is 16. The van der Waals surface area contributed by atoms with Crippen LogP contribution in [0.3, 0.4) is 0 Å². The fraction of sp³-hybridized carbons (Fsp3) is 0.542. The van der Waals surface area contributed by atoms with E-state index in [1.165, 1.54) is 17.7 Å². The first-order valence-corrected chi connectivity index (χ1v) is 25.4. The van der Waals surface area contributed by atoms with Crippen LogP contribution in [0.4, 0.5) is 82.2 Å². The summed E-state index contributed by atoms with van der Waals surface area (Å²) in [4.78, 5) is 51.7. The average Bonchev–Trinajstić information content (AvgIpc) is 3.54. The predicted molar refractivity (Wildman–Crippen MR) is 271 cm³/mol. The highest BCUT2D eigenvalue weighted by atomic mass is 35.5. The molecule has 0 spiro atoms. The number of hydrogen-bond donors (Lipinski definition) is 4. The monoisotopic (exact) mass is 1080 g/mol. The summed E-state index contributed by atoms with van der Waals surface area (Å²) in [6, 6.07) is 12.2. The second-order valence-electron chi connectivity index (χ2n) is 18.7. The first-order valence-electron chi connectivity index (χ1n) is 24.6. The molecule has 402 valence electrons. The molecule has 0 unspecified atom stereocenters. The van der Waals surface area contributed by atoms with Gasteiger partial charge in [-0.1, -0.05) is 23.2 Å². The van der Waals surface area contributed by atoms with E-state index in [1.807, 2.05) is 24.3 Å². The van der Waals surface area contributed by atoms with Crippen molar-refractivity contribution in [3.8, 4) is 0 Å². The number of fused-ring (bicyclic) bond motifs is 2. The lowest BCUT2D eigenvalue weighted by atomic mass is 10.1. The number of likely N-dealkylation sites (N-methyl/N-ethyl adjacent to an activating group) is 2. The predicted octanol–water partition coefficient (Wildman–Crippen LogP) is 9.11. The van der Waals surface area contributed by atoms with Gasteiger partial charge in [0.2, 0.25) is 11.9 Å². The molecular formula is C48H60Cl2F6N14O4. The molecule has 74 heavy (non-hydrogen) atoms. The zero-order chi connectivity index (χ0) is 52.6. The molecule has 4 aromatic rings. The minimum Gasteiger partial charge on any atom is -0.449 e. The van der Waals surface area contributed by atoms with Crippen molar-refractivity contribution in [2.24, 2.45) is 0 Å². The van der Waals surface area contributed by atoms with Crippen molar-refractivity contribution in [2.45, 2.75) is 63.0 Å². The van der Waals surface area contributed by atoms with E-state index < -0.39 is 35.7 Å². The Bertz CT molecular complexity index is 2560. The van der Waals surface area contributed by atoms with E-state index in [9.17, 15) is 35.9 Å². The van der Waals surface area contributed by atoms with Gasteiger partial charge in [0.1, 0.15) is 22.8 Å². The summed E-state index contributed by atoms with van der Waals surface area (Å²) in [5.41, 5.74) is 1.05. The third-order valence-electron chi connectivity index (χ3n) is 13.6. The topological polar surface area (TPSA) is 172 Å². The van der Waals surface area contributed by atoms with E-state index >= 15 is 0 Å². The van der Waals surface area contributed by atoms with Gasteiger partial charge in [0, 0.05) is 114 Å². The summed E-state index contributed by atoms with van der Waals surface area (Å²) < 4.78 is 91.3. The van der Waals surface area contributed by atoms with Crippen LogP contribution >= 0.6 is 23.2 Å². The molecule has 0 aliphatic carbocycles. The molecule has 5 fully saturated rings. The Morgan fingerprint density at radius 1 is 0.635 bits per heavy atom. The van der Waals surface area contributed by atoms with Crippen LogP contribution in [0.1, 0.15) is 49.7 Å². The molecule has 2 aromatic carbocycles. The molecular weight excluding hydrogens is 1020 g/mol. The molecule has 2 bridgehead atoms. The number of nitrogens with one attached hydrogen (secondary N) is 4. The minimum absolute atomic E-state index is 0.00704. The van der Waals surface area contributed by atoms with E-state index in [0.717, 1.165) is 75.9 Å². The van der Waals surface area contributed by atoms with Gasteiger partial charge in [0.05, 0.1) is 34.6 Å². The number of alkyl halides is 6. The normalized spacial score (nSPS) is 19.6. The number of piperazine rings is 2. The summed E-state index contributed by atoms with van der Waals surface area (Å²) in [5.74, 6) is -0.699. The second kappa shape index (κ2) is 24.1. The van der Waals surface area contributed by atoms with Gasteiger partial charge in [-0.15, -0.1) is 0 Å². The minimum atomic E-state index is -4.63. The molecule has 5 aliphatic rings. The molecule has 5 saturated heterocycles. The number of cyclic esters (lactones) is 2. The van der Waals surface area contributed by atoms with E-state index in [-0.39, 0.29) is 36.6 Å². The first kappa shape index (κ1) is 54.3. The highest BCUT2D eigenvalue weighted by Gasteiger charge is 2.39. The Hall–Kier alpha value is -5.98. The number of carbonyl (C=O) groups is 2. The van der Waals surface area contributed by atoms with Crippen LogP contribution in [0.5, 0.6) is 0 Å². The van der Waals surface area contributed by atoms with Gasteiger partial charge in [-0.3, -0.25) is 4.90 Å². The van der Waals surface area contributed by atoms with E-state index in [1.54, 1.807) is 17.0 Å². The van der Waals surface area contributed by atoms with Crippen molar-refractivity contribution in [3.05, 3.63) is 70.0 Å². The SMILES string of the molecule is CN1CCN(c2ccc(Nc3ncc(C(F)(F)F)c(NCCCN4CCCOC4=O)n3)c(Cl)c2)CC1.CN1[C@@H]2CC[C@H]1CN(c1ccc(Nc3ncc(C(F)(F)F)c(NCCCN4CCCOC4=O)n3)c(Cl)c1)C2. The van der Waals surface area contributed by atoms with Crippen LogP contribution in [0.15, 0.2) is 48.8 Å². The fourth-order valence-electron chi connectivity index (χ4n) is 9.36. The highest BCUT2D eigenvalue weighted by molar-refractivity contribution is 6.34. The van der Waals surface area contributed by atoms with Gasteiger partial charge in [-0.2, -0.15) is 36.3 Å². The molecule has 5 aliphatic heterocycles. The third kappa shape index (κ3) is 14.0. The number of halogens is 8. The van der Waals surface area contributed by atoms with Crippen molar-refractivity contribution >= 4 is 81.7 Å². The zero-order valence-corrected chi connectivity index (χ0v) is 42.6. The quantitative estimate of drug-likeness (QED) is 0.0618. The molecule has 26 heteroatoms. The fourth-order valence-corrected chi connectivity index (χ4v) is 9.80. The lowest BCUT2D eigenvalue weighted by Crippen LogP contribution is -2.52. The number of nitrogens with zero attached hydrogens (tertiary/aromatic N) is 10. The lowest BCUT2D eigenvalue weighted by molar-refractivity contribution is -0.138. The van der Waals surface area contributed by atoms with Gasteiger partial charge in [-0.25, -0.2) is 19.6 Å². The molecule has 7 heterocycles. The number of carbonyl (C=O) groups excluding carboxylic acids is 2. The summed E-state index contributed by atoms with van der Waals surface area (Å²) in [6.45, 7) is 8.60. The standard InChI is InChI=1S/C25H31ClF3N7O2.C23H29ClF3N7O2/c1-34-17-4-5-18(34)15-36(14-17)16-6-7-21(20(26)12-16)32-23-31-13-19(25(27,28)29)22(33-23)30-8-2-9-35-10-3-11-38-24(35)37;1-32-9-11-33(12-10-32)16-4-5-19(18(24)14-16)30-21-29-15-17(23(25,26)27)20(31-21)28-6-2-7-34-8-3-13-36-22(34)35/h6-7,12-13,17-18H,2-5,8-11,14-15H2,1H3,(H2,30,31,32,33);4-5,14-15H,2-3,6-13H2,1H3,(H2,28,29,30,31)/t17-,18+;. The molecule has 2 amide bonds. The maximum atomic E-state index is 13.6. The van der Waals surface area contributed by atoms with Crippen molar-refractivity contribution in [1.82, 2.24) is 39.5 Å². The summed E-state index contributed by atoms with van der Waals surface area (Å²) in [7, 11) is 4.26. The largest absolute Gasteiger partial charge is 0.449 e. The van der Waals surface area contributed by atoms with E-state index in [4.69, 9.17) is 32.7 Å². The Morgan fingerprint density at radius 3 is 1.50 bits per heavy atom. The molecule has 4 N–H and O–H groups in total. The van der Waals surface area contributed by atoms with Gasteiger partial charge in [0.15, 0.2) is 0 Å². The number of ether oxygens (including phenoxy) is 2. The van der Waals surface area contributed by atoms with Gasteiger partial charge in [0.25, 0.3) is 0 Å². The molecule has 2 aromatic heterocycles. The van der Waals surface area contributed by atoms with Gasteiger partial charge < -0.3 is 55.2 Å². The van der Waals surface area contributed by atoms with E-state index in [2.05, 4.69) is 74.9 Å². The third-order valence-corrected chi connectivity index (χ3v) is 14.2. The Kier molecular flexibility index (Phi) is 17.7. The summed E-state index contributed by atoms with van der Waals surface area (Å²) in [5, 5.41) is 12.2. The zero-order valence-electron chi connectivity index (χ0n) is 41.0. The smallest absolute Gasteiger partial charge is 0.421 e. The Morgan fingerprint density at radius 2 is 1.08 bits per heavy atom. The second-order valence-corrected chi connectivity index (χ2v) is 19.5. The number of anilines is 8. The Labute approximate surface area is 435 Å². The maximum Gasteiger partial charge on any atom is 0.421 e. The summed E-state index contributed by atoms with van der Waals surface area (Å²) in [6.07, 6.45) is -3.85. The highest BCUT2D eigenvalue weighted by Crippen LogP contribution is 2.38. The number of rotatable bonds is 16. The molecule has 9 rings (SSSR count). The van der Waals surface area contributed by atoms with Gasteiger partial charge >= 0.3 is 24.5 Å². The molecule has 0 saturated carbocycles. The van der Waals surface area contributed by atoms with Gasteiger partial charge in [-0.05, 0) is 89.0 Å². The van der Waals surface area contributed by atoms with Crippen molar-refractivity contribution in [1.29, 1.82) is 0 Å². The van der Waals surface area contributed by atoms with Crippen LogP contribution in [-0.4, -0.2) is 170 Å². The number of aromatic nitrogens is 4. The van der Waals surface area contributed by atoms with Crippen LogP contribution < -0.4 is 31.1 Å². The number of benzene rings is 2. The molecule has 2 atom stereocenters. The Balaban J connectivity index is 0.000000197. The molecule has 18 nitrogen and oxygen atoms in total. The van der Waals surface area contributed by atoms with Crippen LogP contribution in [0, 0.1) is 0 Å². The summed E-state index contributed by atoms with van der Waals surface area (Å²) >= 11 is 13.0. The average molecular weight is 1080 g/mol. The van der Waals surface area contributed by atoms with Crippen molar-refractivity contribution < 1.29 is 45.4 Å².